The molecule has 1 N–H and O–H groups in total. The summed E-state index contributed by atoms with van der Waals surface area (Å²) in [6, 6.07) is 4.56. The normalized spacial score (nSPS) is 26.0. The van der Waals surface area contributed by atoms with E-state index >= 15 is 0 Å². The molecule has 3 atom stereocenters. The first kappa shape index (κ1) is 14.8. The van der Waals surface area contributed by atoms with E-state index in [1.165, 1.54) is 12.5 Å². The molecule has 1 aromatic rings. The van der Waals surface area contributed by atoms with Gasteiger partial charge in [-0.25, -0.2) is 0 Å². The maximum atomic E-state index is 12.4. The van der Waals surface area contributed by atoms with E-state index in [0.717, 1.165) is 19.3 Å². The molecule has 2 aliphatic rings. The van der Waals surface area contributed by atoms with Crippen molar-refractivity contribution in [3.05, 3.63) is 28.3 Å². The smallest absolute Gasteiger partial charge is 0.296 e. The highest BCUT2D eigenvalue weighted by molar-refractivity contribution is 5.95. The molecule has 0 radical (unpaired) electrons. The molecule has 118 valence electrons. The number of nitrogens with one attached hydrogen (secondary N) is 1. The molecule has 1 amide bonds. The highest BCUT2D eigenvalue weighted by Gasteiger charge is 2.43. The lowest BCUT2D eigenvalue weighted by Gasteiger charge is -2.20. The number of carbonyl (C=O) groups excluding carboxylic acids is 1. The summed E-state index contributed by atoms with van der Waals surface area (Å²) in [5.74, 6) is 1.47. The molecule has 0 spiro atoms. The van der Waals surface area contributed by atoms with Gasteiger partial charge in [-0.1, -0.05) is 6.42 Å². The van der Waals surface area contributed by atoms with E-state index in [4.69, 9.17) is 4.74 Å². The summed E-state index contributed by atoms with van der Waals surface area (Å²) < 4.78 is 5.28. The number of hydrogen-bond acceptors (Lipinski definition) is 4. The zero-order chi connectivity index (χ0) is 15.7. The summed E-state index contributed by atoms with van der Waals surface area (Å²) in [5, 5.41) is 14.0. The molecule has 2 saturated carbocycles. The van der Waals surface area contributed by atoms with E-state index in [9.17, 15) is 14.9 Å². The summed E-state index contributed by atoms with van der Waals surface area (Å²) in [4.78, 5) is 23.1. The quantitative estimate of drug-likeness (QED) is 0.668. The number of fused-ring (bicyclic) bond motifs is 2. The van der Waals surface area contributed by atoms with Crippen LogP contribution in [0.4, 0.5) is 11.4 Å². The molecule has 0 heterocycles. The first-order valence-electron chi connectivity index (χ1n) is 7.80. The standard InChI is InChI=1S/C16H20N2O4/c1-2-22-12-5-6-14(15(9-12)18(20)21)17-16(19)13-8-10-3-4-11(13)7-10/h5-6,9-11,13H,2-4,7-8H2,1H3,(H,17,19). The molecule has 2 aliphatic carbocycles. The first-order chi connectivity index (χ1) is 10.6. The number of hydrogen-bond donors (Lipinski definition) is 1. The van der Waals surface area contributed by atoms with Gasteiger partial charge >= 0.3 is 0 Å². The van der Waals surface area contributed by atoms with E-state index in [0.29, 0.717) is 24.2 Å². The summed E-state index contributed by atoms with van der Waals surface area (Å²) in [6.07, 6.45) is 4.37. The lowest BCUT2D eigenvalue weighted by molar-refractivity contribution is -0.384. The van der Waals surface area contributed by atoms with Crippen molar-refractivity contribution in [2.24, 2.45) is 17.8 Å². The third kappa shape index (κ3) is 2.77. The third-order valence-corrected chi connectivity index (χ3v) is 4.81. The number of nitro groups is 1. The first-order valence-corrected chi connectivity index (χ1v) is 7.80. The molecule has 2 bridgehead atoms. The van der Waals surface area contributed by atoms with Crippen LogP contribution >= 0.6 is 0 Å². The summed E-state index contributed by atoms with van der Waals surface area (Å²) in [5.41, 5.74) is 0.128. The molecule has 22 heavy (non-hydrogen) atoms. The zero-order valence-corrected chi connectivity index (χ0v) is 12.6. The van der Waals surface area contributed by atoms with Crippen LogP contribution in [0.15, 0.2) is 18.2 Å². The van der Waals surface area contributed by atoms with Gasteiger partial charge in [0.15, 0.2) is 0 Å². The summed E-state index contributed by atoms with van der Waals surface area (Å²) in [7, 11) is 0. The van der Waals surface area contributed by atoms with E-state index < -0.39 is 4.92 Å². The molecule has 1 aromatic carbocycles. The van der Waals surface area contributed by atoms with Crippen molar-refractivity contribution in [1.82, 2.24) is 0 Å². The number of carbonyl (C=O) groups is 1. The Kier molecular flexibility index (Phi) is 4.00. The Morgan fingerprint density at radius 1 is 1.41 bits per heavy atom. The Morgan fingerprint density at radius 2 is 2.23 bits per heavy atom. The monoisotopic (exact) mass is 304 g/mol. The number of amides is 1. The lowest BCUT2D eigenvalue weighted by atomic mass is 9.88. The molecule has 3 unspecified atom stereocenters. The Labute approximate surface area is 129 Å². The van der Waals surface area contributed by atoms with Crippen LogP contribution in [0.3, 0.4) is 0 Å². The van der Waals surface area contributed by atoms with E-state index in [1.807, 2.05) is 6.92 Å². The highest BCUT2D eigenvalue weighted by atomic mass is 16.6. The van der Waals surface area contributed by atoms with Gasteiger partial charge in [0.2, 0.25) is 5.91 Å². The van der Waals surface area contributed by atoms with Gasteiger partial charge in [0.05, 0.1) is 17.6 Å². The van der Waals surface area contributed by atoms with Crippen molar-refractivity contribution < 1.29 is 14.5 Å². The Bertz CT molecular complexity index is 602. The minimum absolute atomic E-state index is 0.00456. The fourth-order valence-electron chi connectivity index (χ4n) is 3.82. The Morgan fingerprint density at radius 3 is 2.82 bits per heavy atom. The van der Waals surface area contributed by atoms with Crippen molar-refractivity contribution in [2.45, 2.75) is 32.6 Å². The van der Waals surface area contributed by atoms with Crippen LogP contribution in [0, 0.1) is 27.9 Å². The van der Waals surface area contributed by atoms with Crippen molar-refractivity contribution >= 4 is 17.3 Å². The van der Waals surface area contributed by atoms with Gasteiger partial charge in [-0.2, -0.15) is 0 Å². The van der Waals surface area contributed by atoms with Crippen molar-refractivity contribution in [2.75, 3.05) is 11.9 Å². The average molecular weight is 304 g/mol. The largest absolute Gasteiger partial charge is 0.494 e. The molecule has 3 rings (SSSR count). The Hall–Kier alpha value is -2.11. The minimum atomic E-state index is -0.487. The van der Waals surface area contributed by atoms with Crippen LogP contribution in [0.5, 0.6) is 5.75 Å². The topological polar surface area (TPSA) is 81.5 Å². The maximum absolute atomic E-state index is 12.4. The van der Waals surface area contributed by atoms with Gasteiger partial charge < -0.3 is 10.1 Å². The van der Waals surface area contributed by atoms with Crippen LogP contribution in [-0.2, 0) is 4.79 Å². The average Bonchev–Trinajstić information content (AvgIpc) is 3.11. The minimum Gasteiger partial charge on any atom is -0.494 e. The third-order valence-electron chi connectivity index (χ3n) is 4.81. The Balaban J connectivity index is 1.76. The highest BCUT2D eigenvalue weighted by Crippen LogP contribution is 2.48. The number of nitro benzene ring substituents is 1. The summed E-state index contributed by atoms with van der Waals surface area (Å²) in [6.45, 7) is 2.25. The molecule has 6 nitrogen and oxygen atoms in total. The fourth-order valence-corrected chi connectivity index (χ4v) is 3.82. The number of ether oxygens (including phenoxy) is 1. The number of rotatable bonds is 5. The number of benzene rings is 1. The van der Waals surface area contributed by atoms with Gasteiger partial charge in [0, 0.05) is 5.92 Å². The van der Waals surface area contributed by atoms with Crippen LogP contribution in [-0.4, -0.2) is 17.4 Å². The van der Waals surface area contributed by atoms with Gasteiger partial charge in [-0.15, -0.1) is 0 Å². The maximum Gasteiger partial charge on any atom is 0.296 e. The molecular formula is C16H20N2O4. The molecule has 2 fully saturated rings. The fraction of sp³-hybridized carbons (Fsp3) is 0.562. The summed E-state index contributed by atoms with van der Waals surface area (Å²) >= 11 is 0. The molecule has 0 aromatic heterocycles. The zero-order valence-electron chi connectivity index (χ0n) is 12.6. The van der Waals surface area contributed by atoms with E-state index in [-0.39, 0.29) is 23.2 Å². The van der Waals surface area contributed by atoms with Crippen molar-refractivity contribution in [3.8, 4) is 5.75 Å². The number of nitrogens with zero attached hydrogens (tertiary/aromatic N) is 1. The van der Waals surface area contributed by atoms with Crippen LogP contribution < -0.4 is 10.1 Å². The second-order valence-electron chi connectivity index (χ2n) is 6.14. The SMILES string of the molecule is CCOc1ccc(NC(=O)C2CC3CCC2C3)c([N+](=O)[O-])c1. The van der Waals surface area contributed by atoms with Gasteiger partial charge in [-0.3, -0.25) is 14.9 Å². The van der Waals surface area contributed by atoms with Crippen LogP contribution in [0.25, 0.3) is 0 Å². The predicted molar refractivity (Wildman–Crippen MR) is 81.8 cm³/mol. The van der Waals surface area contributed by atoms with E-state index in [1.54, 1.807) is 12.1 Å². The van der Waals surface area contributed by atoms with Crippen molar-refractivity contribution in [1.29, 1.82) is 0 Å². The number of anilines is 1. The van der Waals surface area contributed by atoms with Crippen molar-refractivity contribution in [3.63, 3.8) is 0 Å². The lowest BCUT2D eigenvalue weighted by Crippen LogP contribution is -2.27. The molecular weight excluding hydrogens is 284 g/mol. The van der Waals surface area contributed by atoms with Gasteiger partial charge in [0.25, 0.3) is 5.69 Å². The van der Waals surface area contributed by atoms with E-state index in [2.05, 4.69) is 5.32 Å². The van der Waals surface area contributed by atoms with Crippen LogP contribution in [0.2, 0.25) is 0 Å². The second-order valence-corrected chi connectivity index (χ2v) is 6.14. The predicted octanol–water partition coefficient (Wildman–Crippen LogP) is 3.37. The molecule has 0 aliphatic heterocycles. The van der Waals surface area contributed by atoms with Gasteiger partial charge in [-0.05, 0) is 50.2 Å². The molecule has 0 saturated heterocycles. The van der Waals surface area contributed by atoms with Crippen LogP contribution in [0.1, 0.15) is 32.6 Å². The second kappa shape index (κ2) is 5.94. The molecule has 6 heteroatoms. The van der Waals surface area contributed by atoms with Gasteiger partial charge in [0.1, 0.15) is 11.4 Å².